The molecule has 2 aliphatic rings. The number of rotatable bonds is 6. The lowest BCUT2D eigenvalue weighted by Crippen LogP contribution is -2.49. The molecule has 2 amide bonds. The van der Waals surface area contributed by atoms with E-state index in [2.05, 4.69) is 44.4 Å². The highest BCUT2D eigenvalue weighted by Gasteiger charge is 2.49. The molecule has 2 aliphatic carbocycles. The SMILES string of the molecule is COCN(C(=O)NC1c2cc(-c3nc(Br)cs3)ccc2CC12CCC(OC)CC2)C(C)C. The molecule has 0 radical (unpaired) electrons. The maximum atomic E-state index is 13.3. The first-order valence-electron chi connectivity index (χ1n) is 11.2. The molecule has 4 rings (SSSR count). The zero-order valence-corrected chi connectivity index (χ0v) is 21.6. The van der Waals surface area contributed by atoms with E-state index in [1.807, 2.05) is 19.2 Å². The van der Waals surface area contributed by atoms with Gasteiger partial charge in [-0.05, 0) is 84.5 Å². The van der Waals surface area contributed by atoms with Gasteiger partial charge in [-0.2, -0.15) is 0 Å². The monoisotopic (exact) mass is 521 g/mol. The molecule has 1 spiro atoms. The first-order chi connectivity index (χ1) is 15.4. The van der Waals surface area contributed by atoms with E-state index in [9.17, 15) is 4.79 Å². The Bertz CT molecular complexity index is 956. The zero-order valence-electron chi connectivity index (χ0n) is 19.2. The van der Waals surface area contributed by atoms with Crippen LogP contribution in [0, 0.1) is 5.41 Å². The van der Waals surface area contributed by atoms with Crippen LogP contribution in [0.4, 0.5) is 4.79 Å². The van der Waals surface area contributed by atoms with E-state index in [0.717, 1.165) is 47.3 Å². The van der Waals surface area contributed by atoms with Crippen LogP contribution in [0.5, 0.6) is 0 Å². The number of amides is 2. The van der Waals surface area contributed by atoms with Crippen molar-refractivity contribution in [2.75, 3.05) is 21.0 Å². The molecular weight excluding hydrogens is 490 g/mol. The summed E-state index contributed by atoms with van der Waals surface area (Å²) in [4.78, 5) is 19.7. The van der Waals surface area contributed by atoms with Gasteiger partial charge in [0, 0.05) is 31.2 Å². The first kappa shape index (κ1) is 23.7. The quantitative estimate of drug-likeness (QED) is 0.490. The second-order valence-corrected chi connectivity index (χ2v) is 10.9. The Balaban J connectivity index is 1.68. The van der Waals surface area contributed by atoms with Gasteiger partial charge in [0.1, 0.15) is 16.3 Å². The molecule has 32 heavy (non-hydrogen) atoms. The number of aromatic nitrogens is 1. The third-order valence-electron chi connectivity index (χ3n) is 7.02. The van der Waals surface area contributed by atoms with Crippen molar-refractivity contribution >= 4 is 33.3 Å². The lowest BCUT2D eigenvalue weighted by Gasteiger charge is -2.42. The molecule has 1 N–H and O–H groups in total. The van der Waals surface area contributed by atoms with Gasteiger partial charge in [0.2, 0.25) is 0 Å². The third-order valence-corrected chi connectivity index (χ3v) is 8.62. The number of ether oxygens (including phenoxy) is 2. The topological polar surface area (TPSA) is 63.7 Å². The second-order valence-electron chi connectivity index (χ2n) is 9.23. The van der Waals surface area contributed by atoms with E-state index >= 15 is 0 Å². The number of thiazole rings is 1. The molecule has 1 atom stereocenters. The fraction of sp³-hybridized carbons (Fsp3) is 0.583. The largest absolute Gasteiger partial charge is 0.381 e. The van der Waals surface area contributed by atoms with Gasteiger partial charge in [-0.1, -0.05) is 12.1 Å². The van der Waals surface area contributed by atoms with Crippen LogP contribution in [0.2, 0.25) is 0 Å². The molecule has 0 saturated heterocycles. The average Bonchev–Trinajstić information content (AvgIpc) is 3.33. The van der Waals surface area contributed by atoms with Crippen LogP contribution in [-0.2, 0) is 15.9 Å². The van der Waals surface area contributed by atoms with Gasteiger partial charge in [0.25, 0.3) is 0 Å². The number of halogens is 1. The molecule has 0 aliphatic heterocycles. The average molecular weight is 523 g/mol. The standard InChI is InChI=1S/C24H32BrN3O3S/c1-15(2)28(14-30-3)23(29)27-21-19-11-16(22-26-20(25)13-32-22)5-6-17(19)12-24(21)9-7-18(31-4)8-10-24/h5-6,11,13,15,18,21H,7-10,12,14H2,1-4H3,(H,27,29). The van der Waals surface area contributed by atoms with Gasteiger partial charge in [-0.25, -0.2) is 9.78 Å². The van der Waals surface area contributed by atoms with E-state index < -0.39 is 0 Å². The number of urea groups is 1. The van der Waals surface area contributed by atoms with Gasteiger partial charge < -0.3 is 14.8 Å². The van der Waals surface area contributed by atoms with Gasteiger partial charge in [-0.15, -0.1) is 11.3 Å². The Hall–Kier alpha value is -1.48. The van der Waals surface area contributed by atoms with Gasteiger partial charge in [-0.3, -0.25) is 4.90 Å². The highest BCUT2D eigenvalue weighted by atomic mass is 79.9. The van der Waals surface area contributed by atoms with Crippen molar-refractivity contribution < 1.29 is 14.3 Å². The zero-order chi connectivity index (χ0) is 22.9. The Morgan fingerprint density at radius 3 is 2.69 bits per heavy atom. The first-order valence-corrected chi connectivity index (χ1v) is 12.9. The summed E-state index contributed by atoms with van der Waals surface area (Å²) < 4.78 is 11.8. The number of hydrogen-bond donors (Lipinski definition) is 1. The maximum Gasteiger partial charge on any atom is 0.319 e. The van der Waals surface area contributed by atoms with Crippen LogP contribution in [0.1, 0.15) is 56.7 Å². The minimum Gasteiger partial charge on any atom is -0.381 e. The number of hydrogen-bond acceptors (Lipinski definition) is 5. The predicted molar refractivity (Wildman–Crippen MR) is 131 cm³/mol. The van der Waals surface area contributed by atoms with E-state index in [1.165, 1.54) is 11.1 Å². The van der Waals surface area contributed by atoms with Crippen molar-refractivity contribution in [2.45, 2.75) is 64.1 Å². The van der Waals surface area contributed by atoms with E-state index in [4.69, 9.17) is 9.47 Å². The normalized spacial score (nSPS) is 24.7. The Morgan fingerprint density at radius 1 is 1.34 bits per heavy atom. The minimum atomic E-state index is -0.0738. The van der Waals surface area contributed by atoms with Crippen LogP contribution >= 0.6 is 27.3 Å². The second kappa shape index (κ2) is 9.79. The minimum absolute atomic E-state index is 0.0187. The fourth-order valence-electron chi connectivity index (χ4n) is 5.24. The molecule has 8 heteroatoms. The smallest absolute Gasteiger partial charge is 0.319 e. The number of fused-ring (bicyclic) bond motifs is 1. The maximum absolute atomic E-state index is 13.3. The molecule has 1 saturated carbocycles. The van der Waals surface area contributed by atoms with Crippen LogP contribution in [-0.4, -0.2) is 49.0 Å². The predicted octanol–water partition coefficient (Wildman–Crippen LogP) is 5.77. The van der Waals surface area contributed by atoms with E-state index in [1.54, 1.807) is 30.5 Å². The molecule has 174 valence electrons. The highest BCUT2D eigenvalue weighted by molar-refractivity contribution is 9.10. The summed E-state index contributed by atoms with van der Waals surface area (Å²) in [5, 5.41) is 6.40. The number of carbonyl (C=O) groups excluding carboxylic acids is 1. The summed E-state index contributed by atoms with van der Waals surface area (Å²) in [6, 6.07) is 6.56. The molecule has 0 bridgehead atoms. The van der Waals surface area contributed by atoms with E-state index in [-0.39, 0.29) is 30.3 Å². The van der Waals surface area contributed by atoms with Gasteiger partial charge in [0.05, 0.1) is 12.1 Å². The van der Waals surface area contributed by atoms with Crippen molar-refractivity contribution in [3.8, 4) is 10.6 Å². The van der Waals surface area contributed by atoms with Crippen LogP contribution in [0.3, 0.4) is 0 Å². The summed E-state index contributed by atoms with van der Waals surface area (Å²) in [5.74, 6) is 0. The number of methoxy groups -OCH3 is 2. The lowest BCUT2D eigenvalue weighted by molar-refractivity contribution is 0.0141. The van der Waals surface area contributed by atoms with Gasteiger partial charge in [0.15, 0.2) is 0 Å². The van der Waals surface area contributed by atoms with Crippen molar-refractivity contribution in [1.82, 2.24) is 15.2 Å². The van der Waals surface area contributed by atoms with Gasteiger partial charge >= 0.3 is 6.03 Å². The summed E-state index contributed by atoms with van der Waals surface area (Å²) in [6.07, 6.45) is 5.41. The number of nitrogens with one attached hydrogen (secondary N) is 1. The molecular formula is C24H32BrN3O3S. The van der Waals surface area contributed by atoms with Crippen molar-refractivity contribution in [3.05, 3.63) is 39.3 Å². The van der Waals surface area contributed by atoms with Crippen LogP contribution in [0.15, 0.2) is 28.2 Å². The Morgan fingerprint density at radius 2 is 2.09 bits per heavy atom. The molecule has 1 aromatic heterocycles. The molecule has 1 aromatic carbocycles. The molecule has 1 heterocycles. The lowest BCUT2D eigenvalue weighted by atomic mass is 9.68. The molecule has 1 unspecified atom stereocenters. The Kier molecular flexibility index (Phi) is 7.24. The van der Waals surface area contributed by atoms with Crippen molar-refractivity contribution in [3.63, 3.8) is 0 Å². The summed E-state index contributed by atoms with van der Waals surface area (Å²) in [7, 11) is 3.43. The summed E-state index contributed by atoms with van der Waals surface area (Å²) >= 11 is 5.09. The molecule has 6 nitrogen and oxygen atoms in total. The highest BCUT2D eigenvalue weighted by Crippen LogP contribution is 2.55. The summed E-state index contributed by atoms with van der Waals surface area (Å²) in [5.41, 5.74) is 3.66. The number of benzene rings is 1. The summed E-state index contributed by atoms with van der Waals surface area (Å²) in [6.45, 7) is 4.30. The fourth-order valence-corrected chi connectivity index (χ4v) is 6.49. The third kappa shape index (κ3) is 4.60. The molecule has 2 aromatic rings. The van der Waals surface area contributed by atoms with E-state index in [0.29, 0.717) is 6.10 Å². The van der Waals surface area contributed by atoms with Crippen LogP contribution in [0.25, 0.3) is 10.6 Å². The van der Waals surface area contributed by atoms with Crippen LogP contribution < -0.4 is 5.32 Å². The Labute approximate surface area is 202 Å². The van der Waals surface area contributed by atoms with Crippen molar-refractivity contribution in [2.24, 2.45) is 5.41 Å². The number of carbonyl (C=O) groups is 1. The number of nitrogens with zero attached hydrogens (tertiary/aromatic N) is 2. The molecule has 1 fully saturated rings. The van der Waals surface area contributed by atoms with Crippen molar-refractivity contribution in [1.29, 1.82) is 0 Å².